The molecular weight excluding hydrogens is 328 g/mol. The van der Waals surface area contributed by atoms with E-state index in [1.807, 2.05) is 32.0 Å². The molecule has 0 saturated heterocycles. The molecule has 0 heterocycles. The fourth-order valence-corrected chi connectivity index (χ4v) is 4.64. The highest BCUT2D eigenvalue weighted by molar-refractivity contribution is 8.13. The van der Waals surface area contributed by atoms with Crippen LogP contribution in [0.15, 0.2) is 23.1 Å². The monoisotopic (exact) mass is 358 g/mol. The number of aryl methyl sites for hydroxylation is 1. The average molecular weight is 359 g/mol. The standard InChI is InChI=1S/C19H31ClO2S/c1-4-5-6-7-8-9-10-11-13-17-14-12-15-18(16(2)3)19(17)23(20,21)22/h12,14-16H,4-11,13H2,1-3H3. The Labute approximate surface area is 147 Å². The van der Waals surface area contributed by atoms with Gasteiger partial charge in [0.05, 0.1) is 4.90 Å². The lowest BCUT2D eigenvalue weighted by molar-refractivity contribution is 0.573. The minimum Gasteiger partial charge on any atom is -0.207 e. The van der Waals surface area contributed by atoms with Crippen LogP contribution in [0.2, 0.25) is 0 Å². The van der Waals surface area contributed by atoms with Gasteiger partial charge in [-0.3, -0.25) is 0 Å². The molecule has 0 unspecified atom stereocenters. The molecule has 1 aromatic rings. The third kappa shape index (κ3) is 7.26. The third-order valence-corrected chi connectivity index (χ3v) is 5.74. The number of benzene rings is 1. The van der Waals surface area contributed by atoms with Gasteiger partial charge in [0.1, 0.15) is 0 Å². The fourth-order valence-electron chi connectivity index (χ4n) is 3.00. The Morgan fingerprint density at radius 1 is 0.957 bits per heavy atom. The molecule has 2 nitrogen and oxygen atoms in total. The van der Waals surface area contributed by atoms with E-state index in [4.69, 9.17) is 10.7 Å². The number of hydrogen-bond acceptors (Lipinski definition) is 2. The Kier molecular flexibility index (Phi) is 9.23. The molecule has 1 rings (SSSR count). The van der Waals surface area contributed by atoms with Gasteiger partial charge in [-0.2, -0.15) is 0 Å². The van der Waals surface area contributed by atoms with Crippen molar-refractivity contribution < 1.29 is 8.42 Å². The summed E-state index contributed by atoms with van der Waals surface area (Å²) in [5.74, 6) is 0.150. The summed E-state index contributed by atoms with van der Waals surface area (Å²) in [6, 6.07) is 5.72. The molecule has 23 heavy (non-hydrogen) atoms. The van der Waals surface area contributed by atoms with E-state index in [2.05, 4.69) is 6.92 Å². The lowest BCUT2D eigenvalue weighted by Crippen LogP contribution is -2.05. The predicted octanol–water partition coefficient (Wildman–Crippen LogP) is 6.42. The maximum absolute atomic E-state index is 12.0. The molecule has 0 amide bonds. The van der Waals surface area contributed by atoms with Crippen LogP contribution in [0.25, 0.3) is 0 Å². The number of unbranched alkanes of at least 4 members (excludes halogenated alkanes) is 7. The number of rotatable bonds is 11. The molecule has 4 heteroatoms. The van der Waals surface area contributed by atoms with Crippen LogP contribution >= 0.6 is 10.7 Å². The summed E-state index contributed by atoms with van der Waals surface area (Å²) >= 11 is 0. The van der Waals surface area contributed by atoms with E-state index in [1.165, 1.54) is 38.5 Å². The van der Waals surface area contributed by atoms with Crippen molar-refractivity contribution >= 4 is 19.7 Å². The SMILES string of the molecule is CCCCCCCCCCc1cccc(C(C)C)c1S(=O)(=O)Cl. The van der Waals surface area contributed by atoms with E-state index in [0.717, 1.165) is 30.4 Å². The Morgan fingerprint density at radius 3 is 2.04 bits per heavy atom. The molecule has 0 N–H and O–H groups in total. The summed E-state index contributed by atoms with van der Waals surface area (Å²) in [6.45, 7) is 6.23. The largest absolute Gasteiger partial charge is 0.261 e. The maximum Gasteiger partial charge on any atom is 0.261 e. The molecule has 0 aliphatic heterocycles. The summed E-state index contributed by atoms with van der Waals surface area (Å²) in [5.41, 5.74) is 1.70. The quantitative estimate of drug-likeness (QED) is 0.337. The van der Waals surface area contributed by atoms with E-state index >= 15 is 0 Å². The molecule has 0 atom stereocenters. The van der Waals surface area contributed by atoms with Crippen molar-refractivity contribution in [2.75, 3.05) is 0 Å². The minimum absolute atomic E-state index is 0.150. The van der Waals surface area contributed by atoms with Crippen molar-refractivity contribution in [1.82, 2.24) is 0 Å². The molecule has 0 aliphatic rings. The van der Waals surface area contributed by atoms with Gasteiger partial charge in [-0.05, 0) is 29.9 Å². The second-order valence-electron chi connectivity index (χ2n) is 6.65. The second kappa shape index (κ2) is 10.4. The molecule has 0 bridgehead atoms. The van der Waals surface area contributed by atoms with Crippen LogP contribution < -0.4 is 0 Å². The fraction of sp³-hybridized carbons (Fsp3) is 0.684. The highest BCUT2D eigenvalue weighted by Crippen LogP contribution is 2.30. The highest BCUT2D eigenvalue weighted by atomic mass is 35.7. The van der Waals surface area contributed by atoms with Crippen LogP contribution in [-0.4, -0.2) is 8.42 Å². The van der Waals surface area contributed by atoms with Gasteiger partial charge in [-0.1, -0.05) is 83.9 Å². The lowest BCUT2D eigenvalue weighted by atomic mass is 9.97. The molecule has 0 aliphatic carbocycles. The van der Waals surface area contributed by atoms with Crippen LogP contribution in [0.3, 0.4) is 0 Å². The summed E-state index contributed by atoms with van der Waals surface area (Å²) in [4.78, 5) is 0.347. The molecule has 0 saturated carbocycles. The number of hydrogen-bond donors (Lipinski definition) is 0. The molecular formula is C19H31ClO2S. The lowest BCUT2D eigenvalue weighted by Gasteiger charge is -2.15. The van der Waals surface area contributed by atoms with Crippen LogP contribution in [-0.2, 0) is 15.5 Å². The van der Waals surface area contributed by atoms with Crippen molar-refractivity contribution in [2.45, 2.75) is 89.4 Å². The van der Waals surface area contributed by atoms with Crippen molar-refractivity contribution in [1.29, 1.82) is 0 Å². The Balaban J connectivity index is 2.59. The van der Waals surface area contributed by atoms with Gasteiger partial charge in [-0.15, -0.1) is 0 Å². The van der Waals surface area contributed by atoms with Crippen molar-refractivity contribution in [3.05, 3.63) is 29.3 Å². The molecule has 132 valence electrons. The molecule has 0 spiro atoms. The highest BCUT2D eigenvalue weighted by Gasteiger charge is 2.21. The van der Waals surface area contributed by atoms with E-state index in [0.29, 0.717) is 4.90 Å². The van der Waals surface area contributed by atoms with E-state index in [-0.39, 0.29) is 5.92 Å². The van der Waals surface area contributed by atoms with Gasteiger partial charge in [0.25, 0.3) is 9.05 Å². The smallest absolute Gasteiger partial charge is 0.207 e. The van der Waals surface area contributed by atoms with Gasteiger partial charge >= 0.3 is 0 Å². The Bertz CT molecular complexity index is 565. The van der Waals surface area contributed by atoms with E-state index < -0.39 is 9.05 Å². The van der Waals surface area contributed by atoms with Crippen molar-refractivity contribution in [2.24, 2.45) is 0 Å². The first-order valence-electron chi connectivity index (χ1n) is 8.94. The van der Waals surface area contributed by atoms with Gasteiger partial charge in [0, 0.05) is 10.7 Å². The van der Waals surface area contributed by atoms with Crippen LogP contribution in [0.5, 0.6) is 0 Å². The summed E-state index contributed by atoms with van der Waals surface area (Å²) in [5, 5.41) is 0. The molecule has 1 aromatic carbocycles. The van der Waals surface area contributed by atoms with Crippen LogP contribution in [0.4, 0.5) is 0 Å². The van der Waals surface area contributed by atoms with E-state index in [9.17, 15) is 8.42 Å². The first kappa shape index (κ1) is 20.5. The summed E-state index contributed by atoms with van der Waals surface area (Å²) < 4.78 is 24.0. The topological polar surface area (TPSA) is 34.1 Å². The predicted molar refractivity (Wildman–Crippen MR) is 99.9 cm³/mol. The van der Waals surface area contributed by atoms with Crippen molar-refractivity contribution in [3.8, 4) is 0 Å². The van der Waals surface area contributed by atoms with Crippen LogP contribution in [0.1, 0.15) is 89.2 Å². The average Bonchev–Trinajstić information content (AvgIpc) is 2.48. The normalized spacial score (nSPS) is 12.0. The van der Waals surface area contributed by atoms with Gasteiger partial charge in [-0.25, -0.2) is 8.42 Å². The zero-order valence-corrected chi connectivity index (χ0v) is 16.3. The molecule has 0 aromatic heterocycles. The first-order chi connectivity index (χ1) is 10.9. The summed E-state index contributed by atoms with van der Waals surface area (Å²) in [6.07, 6.45) is 10.7. The van der Waals surface area contributed by atoms with Crippen molar-refractivity contribution in [3.63, 3.8) is 0 Å². The zero-order chi connectivity index (χ0) is 17.3. The summed E-state index contributed by atoms with van der Waals surface area (Å²) in [7, 11) is 2.00. The second-order valence-corrected chi connectivity index (χ2v) is 9.16. The minimum atomic E-state index is -3.69. The van der Waals surface area contributed by atoms with Gasteiger partial charge in [0.15, 0.2) is 0 Å². The third-order valence-electron chi connectivity index (χ3n) is 4.29. The first-order valence-corrected chi connectivity index (χ1v) is 11.2. The van der Waals surface area contributed by atoms with Crippen LogP contribution in [0, 0.1) is 0 Å². The molecule has 0 radical (unpaired) electrons. The Hall–Kier alpha value is -0.540. The Morgan fingerprint density at radius 2 is 1.52 bits per heavy atom. The maximum atomic E-state index is 12.0. The van der Waals surface area contributed by atoms with Gasteiger partial charge < -0.3 is 0 Å². The molecule has 0 fully saturated rings. The number of halogens is 1. The zero-order valence-electron chi connectivity index (χ0n) is 14.8. The van der Waals surface area contributed by atoms with Gasteiger partial charge in [0.2, 0.25) is 0 Å². The van der Waals surface area contributed by atoms with E-state index in [1.54, 1.807) is 0 Å².